The Bertz CT molecular complexity index is 464. The van der Waals surface area contributed by atoms with Crippen molar-refractivity contribution in [3.63, 3.8) is 0 Å². The van der Waals surface area contributed by atoms with Crippen LogP contribution in [0.1, 0.15) is 34.1 Å². The largest absolute Gasteiger partial charge is 0.465 e. The summed E-state index contributed by atoms with van der Waals surface area (Å²) >= 11 is 0. The minimum Gasteiger partial charge on any atom is -0.465 e. The number of nitrogens with one attached hydrogen (secondary N) is 1. The van der Waals surface area contributed by atoms with Crippen molar-refractivity contribution in [1.29, 1.82) is 0 Å². The van der Waals surface area contributed by atoms with Gasteiger partial charge in [-0.1, -0.05) is 0 Å². The molecule has 0 radical (unpaired) electrons. The average Bonchev–Trinajstić information content (AvgIpc) is 2.69. The van der Waals surface area contributed by atoms with E-state index in [1.54, 1.807) is 6.92 Å². The predicted molar refractivity (Wildman–Crippen MR) is 83.0 cm³/mol. The lowest BCUT2D eigenvalue weighted by atomic mass is 9.99. The maximum atomic E-state index is 12.2. The van der Waals surface area contributed by atoms with Crippen LogP contribution < -0.4 is 5.32 Å². The number of ether oxygens (including phenoxy) is 1. The molecule has 6 nitrogen and oxygen atoms in total. The highest BCUT2D eigenvalue weighted by Gasteiger charge is 2.39. The van der Waals surface area contributed by atoms with Crippen molar-refractivity contribution in [2.45, 2.75) is 51.7 Å². The first-order chi connectivity index (χ1) is 9.59. The summed E-state index contributed by atoms with van der Waals surface area (Å²) < 4.78 is 28.3. The molecule has 0 aromatic carbocycles. The van der Waals surface area contributed by atoms with Gasteiger partial charge in [0, 0.05) is 18.6 Å². The number of esters is 1. The normalized spacial score (nSPS) is 24.2. The highest BCUT2D eigenvalue weighted by atomic mass is 32.2. The van der Waals surface area contributed by atoms with E-state index in [4.69, 9.17) is 4.74 Å². The van der Waals surface area contributed by atoms with Gasteiger partial charge in [-0.15, -0.1) is 0 Å². The second kappa shape index (κ2) is 7.07. The Labute approximate surface area is 128 Å². The number of rotatable bonds is 7. The smallest absolute Gasteiger partial charge is 0.327 e. The number of hydrogen-bond donors (Lipinski definition) is 1. The summed E-state index contributed by atoms with van der Waals surface area (Å²) in [7, 11) is -1.06. The second-order valence-corrected chi connectivity index (χ2v) is 8.55. The van der Waals surface area contributed by atoms with Crippen molar-refractivity contribution in [3.05, 3.63) is 0 Å². The minimum atomic E-state index is -2.93. The monoisotopic (exact) mass is 320 g/mol. The van der Waals surface area contributed by atoms with Gasteiger partial charge in [0.15, 0.2) is 9.84 Å². The Balaban J connectivity index is 2.78. The Hall–Kier alpha value is -0.660. The van der Waals surface area contributed by atoms with E-state index in [0.29, 0.717) is 19.6 Å². The van der Waals surface area contributed by atoms with Crippen LogP contribution in [0.3, 0.4) is 0 Å². The van der Waals surface area contributed by atoms with Crippen molar-refractivity contribution in [1.82, 2.24) is 10.2 Å². The minimum absolute atomic E-state index is 0.0299. The maximum Gasteiger partial charge on any atom is 0.327 e. The summed E-state index contributed by atoms with van der Waals surface area (Å²) in [6.45, 7) is 8.28. The molecule has 1 N–H and O–H groups in total. The first kappa shape index (κ1) is 18.4. The van der Waals surface area contributed by atoms with Gasteiger partial charge in [0.1, 0.15) is 5.54 Å². The van der Waals surface area contributed by atoms with Crippen molar-refractivity contribution in [3.8, 4) is 0 Å². The highest BCUT2D eigenvalue weighted by molar-refractivity contribution is 7.91. The fourth-order valence-electron chi connectivity index (χ4n) is 2.85. The second-order valence-electron chi connectivity index (χ2n) is 6.32. The molecule has 1 saturated heterocycles. The summed E-state index contributed by atoms with van der Waals surface area (Å²) in [5, 5.41) is 3.25. The van der Waals surface area contributed by atoms with E-state index in [9.17, 15) is 13.2 Å². The molecule has 7 heteroatoms. The van der Waals surface area contributed by atoms with Crippen LogP contribution in [0.5, 0.6) is 0 Å². The van der Waals surface area contributed by atoms with Crippen LogP contribution in [0, 0.1) is 0 Å². The van der Waals surface area contributed by atoms with Gasteiger partial charge < -0.3 is 4.74 Å². The molecule has 124 valence electrons. The third-order valence-corrected chi connectivity index (χ3v) is 5.48. The Morgan fingerprint density at radius 1 is 1.48 bits per heavy atom. The van der Waals surface area contributed by atoms with Gasteiger partial charge in [-0.05, 0) is 41.2 Å². The molecule has 0 aromatic heterocycles. The highest BCUT2D eigenvalue weighted by Crippen LogP contribution is 2.19. The number of carbonyl (C=O) groups is 1. The van der Waals surface area contributed by atoms with E-state index in [0.717, 1.165) is 0 Å². The van der Waals surface area contributed by atoms with E-state index in [-0.39, 0.29) is 29.6 Å². The fourth-order valence-corrected chi connectivity index (χ4v) is 4.65. The Morgan fingerprint density at radius 2 is 2.10 bits per heavy atom. The van der Waals surface area contributed by atoms with Gasteiger partial charge in [-0.3, -0.25) is 15.0 Å². The fraction of sp³-hybridized carbons (Fsp3) is 0.929. The molecule has 0 amide bonds. The van der Waals surface area contributed by atoms with E-state index < -0.39 is 15.4 Å². The van der Waals surface area contributed by atoms with Crippen molar-refractivity contribution >= 4 is 15.8 Å². The first-order valence-corrected chi connectivity index (χ1v) is 9.27. The molecule has 1 aliphatic heterocycles. The Morgan fingerprint density at radius 3 is 2.52 bits per heavy atom. The molecule has 1 heterocycles. The third-order valence-electron chi connectivity index (χ3n) is 3.73. The zero-order valence-corrected chi connectivity index (χ0v) is 14.5. The lowest BCUT2D eigenvalue weighted by Crippen LogP contribution is -2.60. The molecule has 0 saturated carbocycles. The molecular formula is C14H28N2O4S. The van der Waals surface area contributed by atoms with Crippen LogP contribution in [-0.4, -0.2) is 68.6 Å². The molecule has 0 spiro atoms. The summed E-state index contributed by atoms with van der Waals surface area (Å²) in [5.74, 6) is 0.103. The zero-order valence-electron chi connectivity index (χ0n) is 13.7. The van der Waals surface area contributed by atoms with Crippen molar-refractivity contribution in [2.75, 3.05) is 31.7 Å². The van der Waals surface area contributed by atoms with Crippen molar-refractivity contribution in [2.24, 2.45) is 0 Å². The van der Waals surface area contributed by atoms with Crippen molar-refractivity contribution < 1.29 is 17.9 Å². The van der Waals surface area contributed by atoms with E-state index >= 15 is 0 Å². The summed E-state index contributed by atoms with van der Waals surface area (Å²) in [5.41, 5.74) is -0.842. The number of sulfone groups is 1. The van der Waals surface area contributed by atoms with Gasteiger partial charge in [0.05, 0.1) is 18.1 Å². The van der Waals surface area contributed by atoms with Crippen LogP contribution in [0.2, 0.25) is 0 Å². The lowest BCUT2D eigenvalue weighted by molar-refractivity contribution is -0.151. The van der Waals surface area contributed by atoms with Crippen LogP contribution in [-0.2, 0) is 19.4 Å². The van der Waals surface area contributed by atoms with Gasteiger partial charge in [0.2, 0.25) is 0 Å². The summed E-state index contributed by atoms with van der Waals surface area (Å²) in [4.78, 5) is 14.2. The molecular weight excluding hydrogens is 292 g/mol. The maximum absolute atomic E-state index is 12.2. The van der Waals surface area contributed by atoms with E-state index in [2.05, 4.69) is 5.32 Å². The van der Waals surface area contributed by atoms with Crippen LogP contribution in [0.15, 0.2) is 0 Å². The molecule has 0 aliphatic carbocycles. The molecule has 0 bridgehead atoms. The van der Waals surface area contributed by atoms with Crippen LogP contribution >= 0.6 is 0 Å². The number of likely N-dealkylation sites (N-methyl/N-ethyl adjacent to an activating group) is 1. The number of hydrogen-bond acceptors (Lipinski definition) is 6. The van der Waals surface area contributed by atoms with E-state index in [1.807, 2.05) is 32.7 Å². The molecule has 1 rings (SSSR count). The van der Waals surface area contributed by atoms with Gasteiger partial charge >= 0.3 is 5.97 Å². The molecule has 2 atom stereocenters. The summed E-state index contributed by atoms with van der Waals surface area (Å²) in [6.07, 6.45) is 0.624. The van der Waals surface area contributed by atoms with Crippen LogP contribution in [0.25, 0.3) is 0 Å². The molecule has 2 unspecified atom stereocenters. The van der Waals surface area contributed by atoms with E-state index in [1.165, 1.54) is 0 Å². The Kier molecular flexibility index (Phi) is 6.19. The number of nitrogens with zero attached hydrogens (tertiary/aromatic N) is 1. The average molecular weight is 320 g/mol. The number of carbonyl (C=O) groups excluding carboxylic acids is 1. The first-order valence-electron chi connectivity index (χ1n) is 7.45. The van der Waals surface area contributed by atoms with Gasteiger partial charge in [0.25, 0.3) is 0 Å². The van der Waals surface area contributed by atoms with Crippen LogP contribution in [0.4, 0.5) is 0 Å². The molecule has 1 fully saturated rings. The zero-order chi connectivity index (χ0) is 16.3. The third kappa shape index (κ3) is 5.23. The molecule has 21 heavy (non-hydrogen) atoms. The summed E-state index contributed by atoms with van der Waals surface area (Å²) in [6, 6.07) is 0.0952. The quantitative estimate of drug-likeness (QED) is 0.686. The standard InChI is InChI=1S/C14H28N2O4S/c1-6-20-13(17)14(4,15-11(2)3)10-16(5)12-7-8-21(18,19)9-12/h11-12,15H,6-10H2,1-5H3. The molecule has 1 aliphatic rings. The lowest BCUT2D eigenvalue weighted by Gasteiger charge is -2.36. The SMILES string of the molecule is CCOC(=O)C(C)(CN(C)C1CCS(=O)(=O)C1)NC(C)C. The van der Waals surface area contributed by atoms with Gasteiger partial charge in [-0.25, -0.2) is 8.42 Å². The molecule has 0 aromatic rings. The topological polar surface area (TPSA) is 75.7 Å². The predicted octanol–water partition coefficient (Wildman–Crippen LogP) is 0.425. The van der Waals surface area contributed by atoms with Gasteiger partial charge in [-0.2, -0.15) is 0 Å².